The van der Waals surface area contributed by atoms with Gasteiger partial charge in [-0.15, -0.1) is 0 Å². The number of methoxy groups -OCH3 is 1. The topological polar surface area (TPSA) is 64.6 Å². The Hall–Kier alpha value is -1.55. The van der Waals surface area contributed by atoms with Crippen molar-refractivity contribution in [2.45, 2.75) is 0 Å². The zero-order valence-corrected chi connectivity index (χ0v) is 12.4. The Bertz CT molecular complexity index is 671. The van der Waals surface area contributed by atoms with Gasteiger partial charge in [0.1, 0.15) is 12.3 Å². The summed E-state index contributed by atoms with van der Waals surface area (Å²) in [5, 5.41) is 4.07. The lowest BCUT2D eigenvalue weighted by Crippen LogP contribution is -2.21. The van der Waals surface area contributed by atoms with Crippen LogP contribution in [-0.4, -0.2) is 19.6 Å². The maximum atomic E-state index is 12.1. The van der Waals surface area contributed by atoms with E-state index in [0.717, 1.165) is 10.8 Å². The van der Waals surface area contributed by atoms with Crippen LogP contribution in [0.4, 0.5) is 0 Å². The first-order chi connectivity index (χ1) is 9.52. The number of halogens is 1. The second-order valence-corrected chi connectivity index (χ2v) is 6.75. The Balaban J connectivity index is 2.19. The van der Waals surface area contributed by atoms with Crippen LogP contribution < -0.4 is 9.61 Å². The molecule has 0 saturated heterocycles. The largest absolute Gasteiger partial charge is 0.468 e. The van der Waals surface area contributed by atoms with Crippen LogP contribution in [0.15, 0.2) is 42.5 Å². The molecule has 0 aromatic heterocycles. The molecule has 1 N–H and O–H groups in total. The number of hydrogen-bond donors (Lipinski definition) is 1. The normalized spacial score (nSPS) is 13.7. The van der Waals surface area contributed by atoms with Crippen molar-refractivity contribution in [1.29, 1.82) is 0 Å². The van der Waals surface area contributed by atoms with Gasteiger partial charge in [0.2, 0.25) is 0 Å². The third-order valence-electron chi connectivity index (χ3n) is 2.61. The third kappa shape index (κ3) is 3.73. The predicted octanol–water partition coefficient (Wildman–Crippen LogP) is 3.33. The maximum absolute atomic E-state index is 12.1. The molecule has 0 aliphatic carbocycles. The Kier molecular flexibility index (Phi) is 4.65. The molecule has 0 fully saturated rings. The zero-order valence-electron chi connectivity index (χ0n) is 10.7. The van der Waals surface area contributed by atoms with Crippen LogP contribution in [0.5, 0.6) is 5.75 Å². The van der Waals surface area contributed by atoms with Crippen molar-refractivity contribution in [3.63, 3.8) is 0 Å². The minimum Gasteiger partial charge on any atom is -0.468 e. The van der Waals surface area contributed by atoms with E-state index < -0.39 is 12.8 Å². The van der Waals surface area contributed by atoms with Crippen molar-refractivity contribution in [2.24, 2.45) is 0 Å². The minimum atomic E-state index is -3.66. The third-order valence-corrected chi connectivity index (χ3v) is 4.14. The van der Waals surface area contributed by atoms with Crippen LogP contribution >= 0.6 is 18.1 Å². The van der Waals surface area contributed by atoms with E-state index in [0.29, 0.717) is 5.75 Å². The average Bonchev–Trinajstić information content (AvgIpc) is 2.45. The van der Waals surface area contributed by atoms with Gasteiger partial charge in [0, 0.05) is 16.6 Å². The molecule has 106 valence electrons. The molecule has 7 heteroatoms. The van der Waals surface area contributed by atoms with Crippen LogP contribution in [0.25, 0.3) is 10.8 Å². The van der Waals surface area contributed by atoms with Crippen LogP contribution in [0.1, 0.15) is 0 Å². The molecule has 0 radical (unpaired) electrons. The van der Waals surface area contributed by atoms with Crippen LogP contribution in [0, 0.1) is 0 Å². The molecule has 0 saturated carbocycles. The van der Waals surface area contributed by atoms with Gasteiger partial charge in [-0.2, -0.15) is 0 Å². The average molecular weight is 314 g/mol. The van der Waals surface area contributed by atoms with E-state index in [1.807, 2.05) is 30.3 Å². The van der Waals surface area contributed by atoms with Gasteiger partial charge < -0.3 is 9.26 Å². The van der Waals surface area contributed by atoms with Gasteiger partial charge in [0.25, 0.3) is 0 Å². The first kappa shape index (κ1) is 14.9. The monoisotopic (exact) mass is 313 g/mol. The van der Waals surface area contributed by atoms with Crippen LogP contribution in [0.3, 0.4) is 0 Å². The highest BCUT2D eigenvalue weighted by molar-refractivity contribution is 7.84. The summed E-state index contributed by atoms with van der Waals surface area (Å²) in [4.78, 5) is 11.0. The highest BCUT2D eigenvalue weighted by atomic mass is 35.7. The minimum absolute atomic E-state index is 0.290. The van der Waals surface area contributed by atoms with Crippen LogP contribution in [0.2, 0.25) is 0 Å². The maximum Gasteiger partial charge on any atom is 0.409 e. The molecular formula is C13H13ClNO4P. The fourth-order valence-electron chi connectivity index (χ4n) is 1.67. The number of esters is 1. The van der Waals surface area contributed by atoms with Gasteiger partial charge in [-0.25, -0.2) is 9.65 Å². The molecule has 5 nitrogen and oxygen atoms in total. The van der Waals surface area contributed by atoms with Gasteiger partial charge in [0.15, 0.2) is 0 Å². The number of hydrogen-bond acceptors (Lipinski definition) is 4. The molecule has 0 spiro atoms. The van der Waals surface area contributed by atoms with Crippen LogP contribution in [-0.2, 0) is 14.1 Å². The number of carbonyl (C=O) groups excluding carboxylic acids is 1. The van der Waals surface area contributed by atoms with E-state index in [9.17, 15) is 9.36 Å². The highest BCUT2D eigenvalue weighted by Gasteiger charge is 2.23. The molecule has 0 amide bonds. The van der Waals surface area contributed by atoms with E-state index in [4.69, 9.17) is 15.8 Å². The summed E-state index contributed by atoms with van der Waals surface area (Å²) in [6, 6.07) is 12.8. The number of ether oxygens (including phenoxy) is 1. The second-order valence-electron chi connectivity index (χ2n) is 3.96. The smallest absolute Gasteiger partial charge is 0.409 e. The molecule has 0 bridgehead atoms. The standard InChI is InChI=1S/C13H13ClNO4P/c1-18-13(16)9-15-20(14,17)19-12-8-4-6-10-5-2-3-7-11(10)12/h2-8H,9H2,1H3,(H,15,17). The fraction of sp³-hybridized carbons (Fsp3) is 0.154. The van der Waals surface area contributed by atoms with Gasteiger partial charge in [-0.1, -0.05) is 36.4 Å². The van der Waals surface area contributed by atoms with Crippen molar-refractivity contribution in [3.05, 3.63) is 42.5 Å². The van der Waals surface area contributed by atoms with Gasteiger partial charge in [-0.3, -0.25) is 4.79 Å². The lowest BCUT2D eigenvalue weighted by atomic mass is 10.1. The Morgan fingerprint density at radius 3 is 2.70 bits per heavy atom. The van der Waals surface area contributed by atoms with Gasteiger partial charge in [0.05, 0.1) is 7.11 Å². The molecule has 0 aliphatic rings. The predicted molar refractivity (Wildman–Crippen MR) is 78.1 cm³/mol. The summed E-state index contributed by atoms with van der Waals surface area (Å²) in [5.41, 5.74) is 0. The summed E-state index contributed by atoms with van der Waals surface area (Å²) in [6.07, 6.45) is 0. The summed E-state index contributed by atoms with van der Waals surface area (Å²) < 4.78 is 21.8. The fourth-order valence-corrected chi connectivity index (χ4v) is 2.86. The summed E-state index contributed by atoms with van der Waals surface area (Å²) >= 11 is 5.79. The first-order valence-electron chi connectivity index (χ1n) is 5.81. The molecule has 1 atom stereocenters. The number of nitrogens with one attached hydrogen (secondary N) is 1. The van der Waals surface area contributed by atoms with Gasteiger partial charge >= 0.3 is 12.8 Å². The quantitative estimate of drug-likeness (QED) is 0.677. The van der Waals surface area contributed by atoms with E-state index in [1.54, 1.807) is 12.1 Å². The Morgan fingerprint density at radius 2 is 1.95 bits per heavy atom. The lowest BCUT2D eigenvalue weighted by molar-refractivity contribution is -0.139. The molecule has 0 aliphatic heterocycles. The van der Waals surface area contributed by atoms with Crippen molar-refractivity contribution < 1.29 is 18.6 Å². The Labute approximate surface area is 121 Å². The number of carbonyl (C=O) groups is 1. The number of benzene rings is 2. The van der Waals surface area contributed by atoms with Crippen molar-refractivity contribution in [2.75, 3.05) is 13.7 Å². The summed E-state index contributed by atoms with van der Waals surface area (Å²) in [7, 11) is 1.23. The van der Waals surface area contributed by atoms with Crippen molar-refractivity contribution in [1.82, 2.24) is 5.09 Å². The van der Waals surface area contributed by atoms with E-state index >= 15 is 0 Å². The molecule has 2 rings (SSSR count). The lowest BCUT2D eigenvalue weighted by Gasteiger charge is -2.14. The summed E-state index contributed by atoms with van der Waals surface area (Å²) in [5.74, 6) is -0.189. The van der Waals surface area contributed by atoms with Crippen molar-refractivity contribution >= 4 is 34.9 Å². The molecular weight excluding hydrogens is 301 g/mol. The summed E-state index contributed by atoms with van der Waals surface area (Å²) in [6.45, 7) is -3.95. The van der Waals surface area contributed by atoms with E-state index in [1.165, 1.54) is 7.11 Å². The highest BCUT2D eigenvalue weighted by Crippen LogP contribution is 2.49. The van der Waals surface area contributed by atoms with Crippen molar-refractivity contribution in [3.8, 4) is 5.75 Å². The molecule has 20 heavy (non-hydrogen) atoms. The Morgan fingerprint density at radius 1 is 1.25 bits per heavy atom. The molecule has 1 unspecified atom stereocenters. The second kappa shape index (κ2) is 6.27. The SMILES string of the molecule is COC(=O)CNP(=O)(Cl)Oc1cccc2ccccc12. The van der Waals surface area contributed by atoms with E-state index in [2.05, 4.69) is 9.82 Å². The van der Waals surface area contributed by atoms with Gasteiger partial charge in [-0.05, 0) is 11.5 Å². The molecule has 2 aromatic rings. The van der Waals surface area contributed by atoms with E-state index in [-0.39, 0.29) is 6.54 Å². The number of fused-ring (bicyclic) bond motifs is 1. The molecule has 0 heterocycles. The number of rotatable bonds is 5. The molecule has 2 aromatic carbocycles. The first-order valence-corrected chi connectivity index (χ1v) is 8.34. The zero-order chi connectivity index (χ0) is 14.6.